The number of amidine groups is 1. The van der Waals surface area contributed by atoms with Gasteiger partial charge in [-0.3, -0.25) is 0 Å². The van der Waals surface area contributed by atoms with Crippen LogP contribution in [0.25, 0.3) is 0 Å². The highest BCUT2D eigenvalue weighted by Gasteiger charge is 2.17. The lowest BCUT2D eigenvalue weighted by atomic mass is 10.1. The highest BCUT2D eigenvalue weighted by molar-refractivity contribution is 6.31. The summed E-state index contributed by atoms with van der Waals surface area (Å²) < 4.78 is 0. The molecule has 0 heterocycles. The third-order valence-corrected chi connectivity index (χ3v) is 3.45. The SMILES string of the molecule is CCC(CC)N(C)c1cc(Cl)ccc1C(N)=NO. The van der Waals surface area contributed by atoms with Gasteiger partial charge in [-0.2, -0.15) is 0 Å². The molecule has 0 fully saturated rings. The van der Waals surface area contributed by atoms with Crippen molar-refractivity contribution < 1.29 is 5.21 Å². The average Bonchev–Trinajstić information content (AvgIpc) is 2.39. The molecule has 0 aliphatic heterocycles. The van der Waals surface area contributed by atoms with Crippen molar-refractivity contribution in [2.24, 2.45) is 10.9 Å². The maximum absolute atomic E-state index is 8.83. The third kappa shape index (κ3) is 3.07. The highest BCUT2D eigenvalue weighted by atomic mass is 35.5. The van der Waals surface area contributed by atoms with Crippen LogP contribution in [0.3, 0.4) is 0 Å². The minimum absolute atomic E-state index is 0.0967. The number of hydrogen-bond acceptors (Lipinski definition) is 3. The molecule has 1 rings (SSSR count). The summed E-state index contributed by atoms with van der Waals surface area (Å²) in [5.41, 5.74) is 7.27. The molecule has 0 unspecified atom stereocenters. The van der Waals surface area contributed by atoms with Crippen molar-refractivity contribution in [2.45, 2.75) is 32.7 Å². The molecule has 18 heavy (non-hydrogen) atoms. The summed E-state index contributed by atoms with van der Waals surface area (Å²) in [4.78, 5) is 2.12. The van der Waals surface area contributed by atoms with Gasteiger partial charge in [0.1, 0.15) is 0 Å². The van der Waals surface area contributed by atoms with Gasteiger partial charge in [-0.1, -0.05) is 30.6 Å². The zero-order valence-corrected chi connectivity index (χ0v) is 11.8. The molecule has 0 aromatic heterocycles. The number of hydrogen-bond donors (Lipinski definition) is 2. The second-order valence-electron chi connectivity index (χ2n) is 4.23. The molecule has 1 aromatic rings. The molecule has 0 spiro atoms. The molecule has 4 nitrogen and oxygen atoms in total. The first-order valence-electron chi connectivity index (χ1n) is 6.05. The fourth-order valence-corrected chi connectivity index (χ4v) is 2.27. The van der Waals surface area contributed by atoms with E-state index in [0.29, 0.717) is 16.6 Å². The Morgan fingerprint density at radius 1 is 1.44 bits per heavy atom. The van der Waals surface area contributed by atoms with Crippen molar-refractivity contribution in [1.82, 2.24) is 0 Å². The number of nitrogens with two attached hydrogens (primary N) is 1. The van der Waals surface area contributed by atoms with E-state index in [4.69, 9.17) is 22.5 Å². The molecule has 0 aliphatic carbocycles. The monoisotopic (exact) mass is 269 g/mol. The predicted octanol–water partition coefficient (Wildman–Crippen LogP) is 3.06. The van der Waals surface area contributed by atoms with Crippen LogP contribution in [-0.2, 0) is 0 Å². The molecule has 0 aliphatic rings. The van der Waals surface area contributed by atoms with E-state index in [1.165, 1.54) is 0 Å². The highest BCUT2D eigenvalue weighted by Crippen LogP contribution is 2.27. The third-order valence-electron chi connectivity index (χ3n) is 3.21. The molecule has 0 saturated carbocycles. The first kappa shape index (κ1) is 14.6. The van der Waals surface area contributed by atoms with Crippen molar-refractivity contribution in [2.75, 3.05) is 11.9 Å². The lowest BCUT2D eigenvalue weighted by Crippen LogP contribution is -2.32. The largest absolute Gasteiger partial charge is 0.409 e. The summed E-state index contributed by atoms with van der Waals surface area (Å²) in [5.74, 6) is 0.0967. The Labute approximate surface area is 113 Å². The Bertz CT molecular complexity index is 430. The fraction of sp³-hybridized carbons (Fsp3) is 0.462. The number of oxime groups is 1. The molecule has 100 valence electrons. The van der Waals surface area contributed by atoms with Crippen LogP contribution in [0.4, 0.5) is 5.69 Å². The van der Waals surface area contributed by atoms with Crippen LogP contribution in [0.2, 0.25) is 5.02 Å². The van der Waals surface area contributed by atoms with Gasteiger partial charge >= 0.3 is 0 Å². The standard InChI is InChI=1S/C13H20ClN3O/c1-4-10(5-2)17(3)12-8-9(14)6-7-11(12)13(15)16-18/h6-8,10,18H,4-5H2,1-3H3,(H2,15,16). The van der Waals surface area contributed by atoms with Gasteiger partial charge in [-0.05, 0) is 31.0 Å². The van der Waals surface area contributed by atoms with Gasteiger partial charge in [0.15, 0.2) is 5.84 Å². The van der Waals surface area contributed by atoms with Crippen LogP contribution < -0.4 is 10.6 Å². The van der Waals surface area contributed by atoms with Crippen LogP contribution in [0, 0.1) is 0 Å². The van der Waals surface area contributed by atoms with Crippen molar-refractivity contribution in [3.05, 3.63) is 28.8 Å². The second kappa shape index (κ2) is 6.50. The van der Waals surface area contributed by atoms with E-state index < -0.39 is 0 Å². The van der Waals surface area contributed by atoms with Crippen molar-refractivity contribution in [3.8, 4) is 0 Å². The van der Waals surface area contributed by atoms with Gasteiger partial charge in [0, 0.05) is 29.4 Å². The number of anilines is 1. The Morgan fingerprint density at radius 2 is 2.06 bits per heavy atom. The van der Waals surface area contributed by atoms with Crippen LogP contribution in [0.5, 0.6) is 0 Å². The summed E-state index contributed by atoms with van der Waals surface area (Å²) in [6, 6.07) is 5.74. The van der Waals surface area contributed by atoms with Crippen molar-refractivity contribution in [1.29, 1.82) is 0 Å². The van der Waals surface area contributed by atoms with E-state index in [0.717, 1.165) is 18.5 Å². The van der Waals surface area contributed by atoms with Crippen molar-refractivity contribution in [3.63, 3.8) is 0 Å². The van der Waals surface area contributed by atoms with Crippen molar-refractivity contribution >= 4 is 23.1 Å². The Morgan fingerprint density at radius 3 is 2.56 bits per heavy atom. The number of benzene rings is 1. The van der Waals surface area contributed by atoms with E-state index >= 15 is 0 Å². The zero-order valence-electron chi connectivity index (χ0n) is 11.0. The van der Waals surface area contributed by atoms with Gasteiger partial charge in [0.05, 0.1) is 0 Å². The quantitative estimate of drug-likeness (QED) is 0.374. The fourth-order valence-electron chi connectivity index (χ4n) is 2.10. The minimum Gasteiger partial charge on any atom is -0.409 e. The summed E-state index contributed by atoms with van der Waals surface area (Å²) in [7, 11) is 2.00. The maximum Gasteiger partial charge on any atom is 0.172 e. The number of halogens is 1. The van der Waals surface area contributed by atoms with E-state index in [1.807, 2.05) is 13.1 Å². The lowest BCUT2D eigenvalue weighted by Gasteiger charge is -2.30. The van der Waals surface area contributed by atoms with Gasteiger partial charge in [-0.25, -0.2) is 0 Å². The lowest BCUT2D eigenvalue weighted by molar-refractivity contribution is 0.318. The first-order valence-corrected chi connectivity index (χ1v) is 6.43. The molecule has 0 bridgehead atoms. The predicted molar refractivity (Wildman–Crippen MR) is 76.7 cm³/mol. The van der Waals surface area contributed by atoms with Gasteiger partial charge in [0.2, 0.25) is 0 Å². The first-order chi connectivity index (χ1) is 8.54. The van der Waals surface area contributed by atoms with Gasteiger partial charge < -0.3 is 15.8 Å². The molecule has 0 amide bonds. The van der Waals surface area contributed by atoms with E-state index in [1.54, 1.807) is 12.1 Å². The van der Waals surface area contributed by atoms with Crippen LogP contribution in [-0.4, -0.2) is 24.1 Å². The zero-order chi connectivity index (χ0) is 13.7. The summed E-state index contributed by atoms with van der Waals surface area (Å²) in [6.07, 6.45) is 2.05. The Balaban J connectivity index is 3.24. The van der Waals surface area contributed by atoms with Gasteiger partial charge in [-0.15, -0.1) is 0 Å². The Kier molecular flexibility index (Phi) is 5.28. The number of nitrogens with zero attached hydrogens (tertiary/aromatic N) is 2. The molecule has 3 N–H and O–H groups in total. The van der Waals surface area contributed by atoms with Crippen LogP contribution in [0.15, 0.2) is 23.4 Å². The van der Waals surface area contributed by atoms with Gasteiger partial charge in [0.25, 0.3) is 0 Å². The topological polar surface area (TPSA) is 61.8 Å². The average molecular weight is 270 g/mol. The molecular formula is C13H20ClN3O. The van der Waals surface area contributed by atoms with Crippen LogP contribution >= 0.6 is 11.6 Å². The minimum atomic E-state index is 0.0967. The molecule has 0 saturated heterocycles. The Hall–Kier alpha value is -1.42. The molecule has 0 atom stereocenters. The normalized spacial score (nSPS) is 11.9. The second-order valence-corrected chi connectivity index (χ2v) is 4.66. The summed E-state index contributed by atoms with van der Waals surface area (Å²) in [5, 5.41) is 12.5. The summed E-state index contributed by atoms with van der Waals surface area (Å²) >= 11 is 6.03. The molecule has 0 radical (unpaired) electrons. The number of rotatable bonds is 5. The summed E-state index contributed by atoms with van der Waals surface area (Å²) in [6.45, 7) is 4.27. The maximum atomic E-state index is 8.83. The van der Waals surface area contributed by atoms with Crippen LogP contribution in [0.1, 0.15) is 32.3 Å². The smallest absolute Gasteiger partial charge is 0.172 e. The molecule has 5 heteroatoms. The molecule has 1 aromatic carbocycles. The van der Waals surface area contributed by atoms with E-state index in [-0.39, 0.29) is 5.84 Å². The molecular weight excluding hydrogens is 250 g/mol. The van der Waals surface area contributed by atoms with E-state index in [2.05, 4.69) is 23.9 Å². The van der Waals surface area contributed by atoms with E-state index in [9.17, 15) is 0 Å².